The SMILES string of the molecule is CCOCC(=O)Nc1ccc(Br)cc1/C(N)=N/O. The molecule has 1 aromatic rings. The number of hydrogen-bond acceptors (Lipinski definition) is 4. The highest BCUT2D eigenvalue weighted by Crippen LogP contribution is 2.20. The fourth-order valence-corrected chi connectivity index (χ4v) is 1.63. The molecule has 1 aromatic carbocycles. The third kappa shape index (κ3) is 4.01. The number of amides is 1. The third-order valence-corrected chi connectivity index (χ3v) is 2.57. The van der Waals surface area contributed by atoms with Gasteiger partial charge in [-0.3, -0.25) is 4.79 Å². The van der Waals surface area contributed by atoms with Gasteiger partial charge in [0, 0.05) is 16.6 Å². The van der Waals surface area contributed by atoms with Crippen LogP contribution in [0, 0.1) is 0 Å². The lowest BCUT2D eigenvalue weighted by Crippen LogP contribution is -2.22. The third-order valence-electron chi connectivity index (χ3n) is 2.08. The summed E-state index contributed by atoms with van der Waals surface area (Å²) in [5.74, 6) is -0.380. The van der Waals surface area contributed by atoms with E-state index >= 15 is 0 Å². The Morgan fingerprint density at radius 2 is 2.33 bits per heavy atom. The molecule has 0 aromatic heterocycles. The summed E-state index contributed by atoms with van der Waals surface area (Å²) in [6, 6.07) is 5.04. The van der Waals surface area contributed by atoms with Crippen molar-refractivity contribution in [3.63, 3.8) is 0 Å². The van der Waals surface area contributed by atoms with Gasteiger partial charge in [-0.15, -0.1) is 0 Å². The van der Waals surface area contributed by atoms with E-state index in [0.717, 1.165) is 4.47 Å². The van der Waals surface area contributed by atoms with E-state index in [1.165, 1.54) is 0 Å². The van der Waals surface area contributed by atoms with Crippen molar-refractivity contribution in [2.45, 2.75) is 6.92 Å². The van der Waals surface area contributed by atoms with Gasteiger partial charge in [0.25, 0.3) is 0 Å². The van der Waals surface area contributed by atoms with Crippen LogP contribution >= 0.6 is 15.9 Å². The number of amidine groups is 1. The van der Waals surface area contributed by atoms with Crippen molar-refractivity contribution >= 4 is 33.4 Å². The van der Waals surface area contributed by atoms with Gasteiger partial charge in [-0.25, -0.2) is 0 Å². The van der Waals surface area contributed by atoms with Crippen molar-refractivity contribution in [2.75, 3.05) is 18.5 Å². The van der Waals surface area contributed by atoms with Gasteiger partial charge >= 0.3 is 0 Å². The van der Waals surface area contributed by atoms with E-state index in [2.05, 4.69) is 26.4 Å². The van der Waals surface area contributed by atoms with E-state index in [1.807, 2.05) is 0 Å². The van der Waals surface area contributed by atoms with Gasteiger partial charge in [-0.05, 0) is 25.1 Å². The van der Waals surface area contributed by atoms with Crippen molar-refractivity contribution in [3.8, 4) is 0 Å². The smallest absolute Gasteiger partial charge is 0.250 e. The molecule has 0 aliphatic heterocycles. The van der Waals surface area contributed by atoms with Crippen LogP contribution < -0.4 is 11.1 Å². The molecule has 0 spiro atoms. The Kier molecular flexibility index (Phi) is 5.60. The maximum atomic E-state index is 11.5. The second-order valence-corrected chi connectivity index (χ2v) is 4.28. The fourth-order valence-electron chi connectivity index (χ4n) is 1.27. The minimum Gasteiger partial charge on any atom is -0.409 e. The molecule has 0 aliphatic rings. The summed E-state index contributed by atoms with van der Waals surface area (Å²) in [6.07, 6.45) is 0. The number of nitrogens with zero attached hydrogens (tertiary/aromatic N) is 1. The summed E-state index contributed by atoms with van der Waals surface area (Å²) in [7, 11) is 0. The number of hydrogen-bond donors (Lipinski definition) is 3. The first-order valence-electron chi connectivity index (χ1n) is 5.23. The Balaban J connectivity index is 2.91. The molecule has 0 bridgehead atoms. The number of benzene rings is 1. The van der Waals surface area contributed by atoms with E-state index in [-0.39, 0.29) is 18.3 Å². The predicted molar refractivity (Wildman–Crippen MR) is 71.8 cm³/mol. The largest absolute Gasteiger partial charge is 0.409 e. The molecule has 0 saturated heterocycles. The van der Waals surface area contributed by atoms with E-state index in [1.54, 1.807) is 25.1 Å². The van der Waals surface area contributed by atoms with E-state index in [4.69, 9.17) is 15.7 Å². The highest BCUT2D eigenvalue weighted by Gasteiger charge is 2.10. The minimum atomic E-state index is -0.300. The van der Waals surface area contributed by atoms with E-state index in [0.29, 0.717) is 17.9 Å². The lowest BCUT2D eigenvalue weighted by Gasteiger charge is -2.10. The molecular weight excluding hydrogens is 302 g/mol. The maximum Gasteiger partial charge on any atom is 0.250 e. The van der Waals surface area contributed by atoms with Crippen LogP contribution in [-0.4, -0.2) is 30.2 Å². The lowest BCUT2D eigenvalue weighted by molar-refractivity contribution is -0.120. The van der Waals surface area contributed by atoms with Crippen molar-refractivity contribution < 1.29 is 14.7 Å². The highest BCUT2D eigenvalue weighted by atomic mass is 79.9. The van der Waals surface area contributed by atoms with Crippen LogP contribution in [0.5, 0.6) is 0 Å². The van der Waals surface area contributed by atoms with Crippen LogP contribution in [0.4, 0.5) is 5.69 Å². The molecule has 1 rings (SSSR count). The lowest BCUT2D eigenvalue weighted by atomic mass is 10.1. The monoisotopic (exact) mass is 315 g/mol. The van der Waals surface area contributed by atoms with Crippen LogP contribution in [0.2, 0.25) is 0 Å². The maximum absolute atomic E-state index is 11.5. The molecule has 1 amide bonds. The molecule has 0 fully saturated rings. The molecule has 0 unspecified atom stereocenters. The van der Waals surface area contributed by atoms with Crippen LogP contribution in [0.1, 0.15) is 12.5 Å². The van der Waals surface area contributed by atoms with Gasteiger partial charge in [-0.2, -0.15) is 0 Å². The summed E-state index contributed by atoms with van der Waals surface area (Å²) < 4.78 is 5.74. The van der Waals surface area contributed by atoms with Crippen LogP contribution in [-0.2, 0) is 9.53 Å². The number of oxime groups is 1. The van der Waals surface area contributed by atoms with Gasteiger partial charge in [0.1, 0.15) is 6.61 Å². The van der Waals surface area contributed by atoms with Gasteiger partial charge in [-0.1, -0.05) is 21.1 Å². The summed E-state index contributed by atoms with van der Waals surface area (Å²) in [5, 5.41) is 14.2. The molecule has 0 radical (unpaired) electrons. The molecule has 0 heterocycles. The number of anilines is 1. The summed E-state index contributed by atoms with van der Waals surface area (Å²) >= 11 is 3.27. The number of halogens is 1. The minimum absolute atomic E-state index is 0.0395. The number of carbonyl (C=O) groups excluding carboxylic acids is 1. The Bertz CT molecular complexity index is 463. The van der Waals surface area contributed by atoms with E-state index in [9.17, 15) is 4.79 Å². The second kappa shape index (κ2) is 6.97. The Morgan fingerprint density at radius 3 is 2.94 bits per heavy atom. The molecule has 98 valence electrons. The summed E-state index contributed by atoms with van der Waals surface area (Å²) in [6.45, 7) is 2.22. The molecule has 6 nitrogen and oxygen atoms in total. The number of rotatable bonds is 5. The predicted octanol–water partition coefficient (Wildman–Crippen LogP) is 1.52. The van der Waals surface area contributed by atoms with Gasteiger partial charge in [0.15, 0.2) is 5.84 Å². The molecule has 7 heteroatoms. The highest BCUT2D eigenvalue weighted by molar-refractivity contribution is 9.10. The van der Waals surface area contributed by atoms with Gasteiger partial charge in [0.05, 0.1) is 5.69 Å². The van der Waals surface area contributed by atoms with Gasteiger partial charge < -0.3 is 21.0 Å². The van der Waals surface area contributed by atoms with Crippen molar-refractivity contribution in [1.82, 2.24) is 0 Å². The average Bonchev–Trinajstić information content (AvgIpc) is 2.37. The first kappa shape index (κ1) is 14.5. The average molecular weight is 316 g/mol. The zero-order chi connectivity index (χ0) is 13.5. The number of ether oxygens (including phenoxy) is 1. The van der Waals surface area contributed by atoms with Crippen molar-refractivity contribution in [3.05, 3.63) is 28.2 Å². The molecule has 0 atom stereocenters. The molecule has 0 saturated carbocycles. The summed E-state index contributed by atoms with van der Waals surface area (Å²) in [4.78, 5) is 11.5. The first-order chi connectivity index (χ1) is 8.58. The normalized spacial score (nSPS) is 11.3. The Labute approximate surface area is 113 Å². The number of nitrogens with two attached hydrogens (primary N) is 1. The van der Waals surface area contributed by atoms with E-state index < -0.39 is 0 Å². The van der Waals surface area contributed by atoms with Crippen molar-refractivity contribution in [2.24, 2.45) is 10.9 Å². The van der Waals surface area contributed by atoms with Crippen LogP contribution in [0.15, 0.2) is 27.8 Å². The van der Waals surface area contributed by atoms with Crippen LogP contribution in [0.3, 0.4) is 0 Å². The van der Waals surface area contributed by atoms with Crippen molar-refractivity contribution in [1.29, 1.82) is 0 Å². The molecule has 0 aliphatic carbocycles. The zero-order valence-electron chi connectivity index (χ0n) is 9.81. The number of nitrogens with one attached hydrogen (secondary N) is 1. The van der Waals surface area contributed by atoms with Crippen LogP contribution in [0.25, 0.3) is 0 Å². The van der Waals surface area contributed by atoms with Gasteiger partial charge in [0.2, 0.25) is 5.91 Å². The second-order valence-electron chi connectivity index (χ2n) is 3.36. The molecular formula is C11H14BrN3O3. The Morgan fingerprint density at radius 1 is 1.61 bits per heavy atom. The fraction of sp³-hybridized carbons (Fsp3) is 0.273. The standard InChI is InChI=1S/C11H14BrN3O3/c1-2-18-6-10(16)14-9-4-3-7(12)5-8(9)11(13)15-17/h3-5,17H,2,6H2,1H3,(H2,13,15)(H,14,16). The summed E-state index contributed by atoms with van der Waals surface area (Å²) in [5.41, 5.74) is 6.42. The quantitative estimate of drug-likeness (QED) is 0.332. The Hall–Kier alpha value is -1.60. The zero-order valence-corrected chi connectivity index (χ0v) is 11.4. The molecule has 18 heavy (non-hydrogen) atoms. The first-order valence-corrected chi connectivity index (χ1v) is 6.02. The topological polar surface area (TPSA) is 96.9 Å². The number of carbonyl (C=O) groups is 1. The molecule has 4 N–H and O–H groups in total.